The highest BCUT2D eigenvalue weighted by molar-refractivity contribution is 5.66. The van der Waals surface area contributed by atoms with Crippen LogP contribution in [0.25, 0.3) is 12.2 Å². The Bertz CT molecular complexity index is 1290. The minimum Gasteiger partial charge on any atom is -0.487 e. The van der Waals surface area contributed by atoms with E-state index in [9.17, 15) is 13.2 Å². The molecule has 0 amide bonds. The Labute approximate surface area is 213 Å². The average molecular weight is 511 g/mol. The lowest BCUT2D eigenvalue weighted by Crippen LogP contribution is -2.03. The van der Waals surface area contributed by atoms with Crippen LogP contribution in [-0.4, -0.2) is 20.0 Å². The molecule has 4 rings (SSSR count). The van der Waals surface area contributed by atoms with Crippen LogP contribution in [0.3, 0.4) is 0 Å². The number of hydrogen-bond acceptors (Lipinski definition) is 5. The van der Waals surface area contributed by atoms with Crippen molar-refractivity contribution in [3.63, 3.8) is 0 Å². The van der Waals surface area contributed by atoms with Crippen LogP contribution in [0.15, 0.2) is 65.4 Å². The number of halogens is 3. The molecule has 4 aromatic rings. The van der Waals surface area contributed by atoms with Crippen LogP contribution >= 0.6 is 0 Å². The third kappa shape index (κ3) is 7.80. The third-order valence-electron chi connectivity index (χ3n) is 5.79. The number of oxazole rings is 1. The van der Waals surface area contributed by atoms with Gasteiger partial charge in [-0.05, 0) is 66.6 Å². The van der Waals surface area contributed by atoms with E-state index in [0.29, 0.717) is 23.1 Å². The van der Waals surface area contributed by atoms with Gasteiger partial charge in [-0.15, -0.1) is 5.10 Å². The van der Waals surface area contributed by atoms with Gasteiger partial charge >= 0.3 is 6.18 Å². The van der Waals surface area contributed by atoms with Gasteiger partial charge in [0.05, 0.1) is 11.3 Å². The zero-order valence-corrected chi connectivity index (χ0v) is 20.8. The highest BCUT2D eigenvalue weighted by atomic mass is 19.4. The molecule has 0 spiro atoms. The van der Waals surface area contributed by atoms with Gasteiger partial charge in [0.2, 0.25) is 5.89 Å². The Morgan fingerprint density at radius 1 is 1.00 bits per heavy atom. The van der Waals surface area contributed by atoms with E-state index in [4.69, 9.17) is 9.15 Å². The summed E-state index contributed by atoms with van der Waals surface area (Å²) in [6.45, 7) is 5.32. The van der Waals surface area contributed by atoms with Crippen LogP contribution in [0.2, 0.25) is 0 Å². The Morgan fingerprint density at radius 2 is 1.76 bits per heavy atom. The molecule has 0 aliphatic heterocycles. The molecule has 0 N–H and O–H groups in total. The number of alkyl halides is 3. The second-order valence-corrected chi connectivity index (χ2v) is 9.08. The van der Waals surface area contributed by atoms with Crippen molar-refractivity contribution in [2.45, 2.75) is 58.4 Å². The van der Waals surface area contributed by atoms with E-state index in [1.54, 1.807) is 12.2 Å². The largest absolute Gasteiger partial charge is 0.487 e. The predicted molar refractivity (Wildman–Crippen MR) is 135 cm³/mol. The molecule has 9 heteroatoms. The molecule has 0 radical (unpaired) electrons. The molecule has 0 saturated carbocycles. The van der Waals surface area contributed by atoms with Crippen LogP contribution in [0.5, 0.6) is 5.75 Å². The lowest BCUT2D eigenvalue weighted by atomic mass is 10.1. The van der Waals surface area contributed by atoms with Crippen molar-refractivity contribution in [2.24, 2.45) is 0 Å². The second-order valence-electron chi connectivity index (χ2n) is 9.08. The Balaban J connectivity index is 1.19. The molecule has 2 aromatic carbocycles. The van der Waals surface area contributed by atoms with Crippen LogP contribution in [-0.2, 0) is 25.7 Å². The van der Waals surface area contributed by atoms with Gasteiger partial charge in [0.1, 0.15) is 24.3 Å². The van der Waals surface area contributed by atoms with Crippen molar-refractivity contribution in [1.82, 2.24) is 20.0 Å². The summed E-state index contributed by atoms with van der Waals surface area (Å²) in [7, 11) is 0. The fourth-order valence-corrected chi connectivity index (χ4v) is 3.62. The molecule has 0 bridgehead atoms. The highest BCUT2D eigenvalue weighted by Gasteiger charge is 2.29. The normalized spacial score (nSPS) is 12.1. The highest BCUT2D eigenvalue weighted by Crippen LogP contribution is 2.29. The van der Waals surface area contributed by atoms with Crippen molar-refractivity contribution in [1.29, 1.82) is 0 Å². The summed E-state index contributed by atoms with van der Waals surface area (Å²) >= 11 is 0. The Hall–Kier alpha value is -3.88. The summed E-state index contributed by atoms with van der Waals surface area (Å²) in [5, 5.41) is 8.36. The summed E-state index contributed by atoms with van der Waals surface area (Å²) in [6.07, 6.45) is 5.47. The van der Waals surface area contributed by atoms with Gasteiger partial charge in [-0.2, -0.15) is 13.2 Å². The molecular weight excluding hydrogens is 481 g/mol. The van der Waals surface area contributed by atoms with E-state index < -0.39 is 11.7 Å². The Kier molecular flexibility index (Phi) is 8.43. The molecule has 6 nitrogen and oxygen atoms in total. The molecule has 2 aromatic heterocycles. The smallest absolute Gasteiger partial charge is 0.416 e. The first-order valence-corrected chi connectivity index (χ1v) is 12.2. The van der Waals surface area contributed by atoms with Crippen molar-refractivity contribution < 1.29 is 22.3 Å². The standard InChI is InChI=1S/C28H29F3N4O2/c1-20(2)26-17-35(34-33-26)16-4-3-5-21-8-13-25(14-9-21)36-18-24-19-37-27(32-24)15-10-22-6-11-23(12-7-22)28(29,30)31/h6-15,17,19-20H,3-5,16,18H2,1-2H3/b15-10+. The van der Waals surface area contributed by atoms with Gasteiger partial charge in [-0.25, -0.2) is 4.98 Å². The number of aryl methyl sites for hydroxylation is 2. The fraction of sp³-hybridized carbons (Fsp3) is 0.321. The molecule has 37 heavy (non-hydrogen) atoms. The van der Waals surface area contributed by atoms with Crippen LogP contribution in [0.4, 0.5) is 13.2 Å². The quantitative estimate of drug-likeness (QED) is 0.200. The lowest BCUT2D eigenvalue weighted by molar-refractivity contribution is -0.137. The number of rotatable bonds is 11. The number of aromatic nitrogens is 4. The predicted octanol–water partition coefficient (Wildman–Crippen LogP) is 7.18. The second kappa shape index (κ2) is 11.9. The van der Waals surface area contributed by atoms with Gasteiger partial charge in [0, 0.05) is 18.8 Å². The van der Waals surface area contributed by atoms with Crippen molar-refractivity contribution in [3.05, 3.63) is 95.0 Å². The minimum absolute atomic E-state index is 0.243. The fourth-order valence-electron chi connectivity index (χ4n) is 3.62. The maximum atomic E-state index is 12.7. The van der Waals surface area contributed by atoms with Crippen molar-refractivity contribution >= 4 is 12.2 Å². The maximum Gasteiger partial charge on any atom is 0.416 e. The zero-order chi connectivity index (χ0) is 26.3. The summed E-state index contributed by atoms with van der Waals surface area (Å²) in [5.74, 6) is 1.47. The van der Waals surface area contributed by atoms with E-state index in [0.717, 1.165) is 49.4 Å². The van der Waals surface area contributed by atoms with Gasteiger partial charge in [-0.1, -0.05) is 43.3 Å². The van der Waals surface area contributed by atoms with E-state index in [1.165, 1.54) is 24.0 Å². The first-order valence-electron chi connectivity index (χ1n) is 12.2. The molecular formula is C28H29F3N4O2. The minimum atomic E-state index is -4.35. The summed E-state index contributed by atoms with van der Waals surface area (Å²) in [5.41, 5.74) is 2.81. The monoisotopic (exact) mass is 510 g/mol. The number of hydrogen-bond donors (Lipinski definition) is 0. The lowest BCUT2D eigenvalue weighted by Gasteiger charge is -2.06. The maximum absolute atomic E-state index is 12.7. The van der Waals surface area contributed by atoms with E-state index in [1.807, 2.05) is 23.0 Å². The number of nitrogens with zero attached hydrogens (tertiary/aromatic N) is 4. The van der Waals surface area contributed by atoms with Gasteiger partial charge in [0.15, 0.2) is 0 Å². The number of benzene rings is 2. The van der Waals surface area contributed by atoms with Gasteiger partial charge < -0.3 is 9.15 Å². The molecule has 0 aliphatic rings. The number of ether oxygens (including phenoxy) is 1. The van der Waals surface area contributed by atoms with E-state index >= 15 is 0 Å². The first-order chi connectivity index (χ1) is 17.8. The van der Waals surface area contributed by atoms with Crippen molar-refractivity contribution in [2.75, 3.05) is 0 Å². The summed E-state index contributed by atoms with van der Waals surface area (Å²) in [6, 6.07) is 12.9. The topological polar surface area (TPSA) is 66.0 Å². The molecule has 194 valence electrons. The van der Waals surface area contributed by atoms with Crippen LogP contribution in [0.1, 0.15) is 66.6 Å². The molecule has 0 aliphatic carbocycles. The molecule has 2 heterocycles. The molecule has 0 fully saturated rings. The Morgan fingerprint density at radius 3 is 2.43 bits per heavy atom. The molecule has 0 unspecified atom stereocenters. The average Bonchev–Trinajstić information content (AvgIpc) is 3.54. The van der Waals surface area contributed by atoms with Crippen molar-refractivity contribution in [3.8, 4) is 5.75 Å². The summed E-state index contributed by atoms with van der Waals surface area (Å²) in [4.78, 5) is 4.33. The third-order valence-corrected chi connectivity index (χ3v) is 5.79. The zero-order valence-electron chi connectivity index (χ0n) is 20.8. The molecule has 0 saturated heterocycles. The van der Waals surface area contributed by atoms with Gasteiger partial charge in [-0.3, -0.25) is 4.68 Å². The van der Waals surface area contributed by atoms with Gasteiger partial charge in [0.25, 0.3) is 0 Å². The van der Waals surface area contributed by atoms with E-state index in [2.05, 4.69) is 41.3 Å². The first kappa shape index (κ1) is 26.2. The van der Waals surface area contributed by atoms with Crippen LogP contribution in [0, 0.1) is 0 Å². The van der Waals surface area contributed by atoms with Crippen LogP contribution < -0.4 is 4.74 Å². The number of unbranched alkanes of at least 4 members (excludes halogenated alkanes) is 1. The molecule has 0 atom stereocenters. The van der Waals surface area contributed by atoms with E-state index in [-0.39, 0.29) is 6.61 Å². The summed E-state index contributed by atoms with van der Waals surface area (Å²) < 4.78 is 51.1. The SMILES string of the molecule is CC(C)c1cn(CCCCc2ccc(OCc3coc(/C=C/c4ccc(C(F)(F)F)cc4)n3)cc2)nn1.